The van der Waals surface area contributed by atoms with Crippen LogP contribution in [0.25, 0.3) is 0 Å². The summed E-state index contributed by atoms with van der Waals surface area (Å²) in [7, 11) is 0. The zero-order valence-corrected chi connectivity index (χ0v) is 9.91. The third kappa shape index (κ3) is 1.89. The Hall–Kier alpha value is -0.820. The van der Waals surface area contributed by atoms with Gasteiger partial charge in [0.15, 0.2) is 0 Å². The first-order valence-corrected chi connectivity index (χ1v) is 6.77. The normalized spacial score (nSPS) is 26.4. The Bertz CT molecular complexity index is 348. The molecule has 2 fully saturated rings. The molecule has 1 atom stereocenters. The fraction of sp³-hybridized carbons (Fsp3) is 0.600. The number of benzene rings is 1. The molecule has 0 radical (unpaired) electrons. The van der Waals surface area contributed by atoms with Crippen molar-refractivity contribution in [3.63, 3.8) is 0 Å². The van der Waals surface area contributed by atoms with E-state index in [2.05, 4.69) is 29.6 Å². The molecular weight excluding hydrogens is 194 g/mol. The summed E-state index contributed by atoms with van der Waals surface area (Å²) >= 11 is 0. The van der Waals surface area contributed by atoms with Gasteiger partial charge in [-0.1, -0.05) is 43.5 Å². The highest BCUT2D eigenvalue weighted by atomic mass is 15.0. The van der Waals surface area contributed by atoms with Gasteiger partial charge in [0.1, 0.15) is 0 Å². The highest BCUT2D eigenvalue weighted by molar-refractivity contribution is 5.34. The Labute approximate surface area is 98.3 Å². The van der Waals surface area contributed by atoms with Crippen LogP contribution in [0.15, 0.2) is 24.3 Å². The van der Waals surface area contributed by atoms with Crippen LogP contribution in [-0.4, -0.2) is 6.54 Å². The van der Waals surface area contributed by atoms with Crippen LogP contribution in [0.4, 0.5) is 0 Å². The maximum absolute atomic E-state index is 3.54. The third-order valence-electron chi connectivity index (χ3n) is 4.24. The van der Waals surface area contributed by atoms with Gasteiger partial charge >= 0.3 is 0 Å². The molecule has 1 saturated heterocycles. The Morgan fingerprint density at radius 2 is 1.56 bits per heavy atom. The van der Waals surface area contributed by atoms with Gasteiger partial charge in [0.25, 0.3) is 0 Å². The predicted octanol–water partition coefficient (Wildman–Crippen LogP) is 3.77. The lowest BCUT2D eigenvalue weighted by molar-refractivity contribution is 0.372. The van der Waals surface area contributed by atoms with Crippen molar-refractivity contribution in [2.45, 2.75) is 50.5 Å². The second-order valence-corrected chi connectivity index (χ2v) is 5.26. The molecule has 1 N–H and O–H groups in total. The van der Waals surface area contributed by atoms with Crippen LogP contribution in [0, 0.1) is 0 Å². The molecular formula is C15H21N. The van der Waals surface area contributed by atoms with E-state index in [1.54, 1.807) is 11.1 Å². The standard InChI is InChI=1S/C15H21N/c1-2-6-12(7-3-1)13-8-4-5-9-14(13)15-10-11-16-15/h4-5,8-9,12,15-16H,1-3,6-7,10-11H2. The van der Waals surface area contributed by atoms with Gasteiger partial charge in [-0.15, -0.1) is 0 Å². The van der Waals surface area contributed by atoms with E-state index < -0.39 is 0 Å². The van der Waals surface area contributed by atoms with Gasteiger partial charge in [-0.2, -0.15) is 0 Å². The maximum atomic E-state index is 3.54. The maximum Gasteiger partial charge on any atom is 0.0335 e. The molecule has 3 rings (SSSR count). The molecule has 0 amide bonds. The summed E-state index contributed by atoms with van der Waals surface area (Å²) in [5, 5.41) is 3.54. The van der Waals surface area contributed by atoms with Crippen molar-refractivity contribution in [3.8, 4) is 0 Å². The summed E-state index contributed by atoms with van der Waals surface area (Å²) < 4.78 is 0. The fourth-order valence-corrected chi connectivity index (χ4v) is 3.17. The van der Waals surface area contributed by atoms with Gasteiger partial charge in [0.2, 0.25) is 0 Å². The van der Waals surface area contributed by atoms with E-state index in [9.17, 15) is 0 Å². The van der Waals surface area contributed by atoms with Crippen molar-refractivity contribution in [3.05, 3.63) is 35.4 Å². The Kier molecular flexibility index (Phi) is 2.96. The van der Waals surface area contributed by atoms with Crippen LogP contribution >= 0.6 is 0 Å². The molecule has 0 spiro atoms. The van der Waals surface area contributed by atoms with Gasteiger partial charge in [0.05, 0.1) is 0 Å². The molecule has 1 aromatic rings. The van der Waals surface area contributed by atoms with Crippen LogP contribution in [0.5, 0.6) is 0 Å². The van der Waals surface area contributed by atoms with Crippen LogP contribution < -0.4 is 5.32 Å². The Morgan fingerprint density at radius 1 is 0.875 bits per heavy atom. The zero-order chi connectivity index (χ0) is 10.8. The Balaban J connectivity index is 1.86. The predicted molar refractivity (Wildman–Crippen MR) is 67.6 cm³/mol. The second kappa shape index (κ2) is 4.58. The van der Waals surface area contributed by atoms with Crippen LogP contribution in [0.3, 0.4) is 0 Å². The molecule has 1 unspecified atom stereocenters. The summed E-state index contributed by atoms with van der Waals surface area (Å²) in [6.45, 7) is 1.20. The molecule has 0 bridgehead atoms. The first kappa shape index (κ1) is 10.3. The van der Waals surface area contributed by atoms with Crippen molar-refractivity contribution >= 4 is 0 Å². The van der Waals surface area contributed by atoms with E-state index in [-0.39, 0.29) is 0 Å². The second-order valence-electron chi connectivity index (χ2n) is 5.26. The number of nitrogens with one attached hydrogen (secondary N) is 1. The van der Waals surface area contributed by atoms with Crippen LogP contribution in [-0.2, 0) is 0 Å². The van der Waals surface area contributed by atoms with Gasteiger partial charge in [0, 0.05) is 6.04 Å². The van der Waals surface area contributed by atoms with Crippen molar-refractivity contribution in [2.24, 2.45) is 0 Å². The van der Waals surface area contributed by atoms with Crippen LogP contribution in [0.1, 0.15) is 61.6 Å². The number of rotatable bonds is 2. The molecule has 1 saturated carbocycles. The minimum absolute atomic E-state index is 0.651. The summed E-state index contributed by atoms with van der Waals surface area (Å²) in [6.07, 6.45) is 8.44. The first-order chi connectivity index (χ1) is 7.95. The molecule has 1 aliphatic carbocycles. The molecule has 1 aliphatic heterocycles. The SMILES string of the molecule is c1ccc(C2CCN2)c(C2CCCCC2)c1. The van der Waals surface area contributed by atoms with E-state index in [0.717, 1.165) is 5.92 Å². The molecule has 16 heavy (non-hydrogen) atoms. The van der Waals surface area contributed by atoms with E-state index in [0.29, 0.717) is 6.04 Å². The smallest absolute Gasteiger partial charge is 0.0335 e. The topological polar surface area (TPSA) is 12.0 Å². The van der Waals surface area contributed by atoms with E-state index in [1.165, 1.54) is 45.1 Å². The summed E-state index contributed by atoms with van der Waals surface area (Å²) in [5.41, 5.74) is 3.22. The molecule has 0 aromatic heterocycles. The Morgan fingerprint density at radius 3 is 2.19 bits per heavy atom. The van der Waals surface area contributed by atoms with Crippen LogP contribution in [0.2, 0.25) is 0 Å². The summed E-state index contributed by atoms with van der Waals surface area (Å²) in [4.78, 5) is 0. The van der Waals surface area contributed by atoms with Gasteiger partial charge in [-0.05, 0) is 42.9 Å². The van der Waals surface area contributed by atoms with Crippen molar-refractivity contribution in [1.29, 1.82) is 0 Å². The van der Waals surface area contributed by atoms with Gasteiger partial charge in [-0.25, -0.2) is 0 Å². The molecule has 2 aliphatic rings. The highest BCUT2D eigenvalue weighted by Gasteiger charge is 2.25. The molecule has 1 nitrogen and oxygen atoms in total. The summed E-state index contributed by atoms with van der Waals surface area (Å²) in [5.74, 6) is 0.840. The minimum Gasteiger partial charge on any atom is -0.310 e. The van der Waals surface area contributed by atoms with Crippen molar-refractivity contribution in [1.82, 2.24) is 5.32 Å². The highest BCUT2D eigenvalue weighted by Crippen LogP contribution is 2.37. The molecule has 1 aromatic carbocycles. The lowest BCUT2D eigenvalue weighted by Gasteiger charge is -2.33. The minimum atomic E-state index is 0.651. The average Bonchev–Trinajstić information content (AvgIpc) is 2.29. The number of hydrogen-bond donors (Lipinski definition) is 1. The van der Waals surface area contributed by atoms with Gasteiger partial charge in [-0.3, -0.25) is 0 Å². The molecule has 1 heteroatoms. The molecule has 1 heterocycles. The lowest BCUT2D eigenvalue weighted by atomic mass is 9.79. The third-order valence-corrected chi connectivity index (χ3v) is 4.24. The fourth-order valence-electron chi connectivity index (χ4n) is 3.17. The van der Waals surface area contributed by atoms with E-state index in [1.807, 2.05) is 0 Å². The zero-order valence-electron chi connectivity index (χ0n) is 9.91. The number of hydrogen-bond acceptors (Lipinski definition) is 1. The quantitative estimate of drug-likeness (QED) is 0.792. The van der Waals surface area contributed by atoms with Crippen molar-refractivity contribution < 1.29 is 0 Å². The molecule has 86 valence electrons. The summed E-state index contributed by atoms with van der Waals surface area (Å²) in [6, 6.07) is 9.76. The first-order valence-electron chi connectivity index (χ1n) is 6.77. The largest absolute Gasteiger partial charge is 0.310 e. The van der Waals surface area contributed by atoms with E-state index in [4.69, 9.17) is 0 Å². The average molecular weight is 215 g/mol. The van der Waals surface area contributed by atoms with Gasteiger partial charge < -0.3 is 5.32 Å². The van der Waals surface area contributed by atoms with Crippen molar-refractivity contribution in [2.75, 3.05) is 6.54 Å². The van der Waals surface area contributed by atoms with E-state index >= 15 is 0 Å². The monoisotopic (exact) mass is 215 g/mol. The lowest BCUT2D eigenvalue weighted by Crippen LogP contribution is -2.35.